The van der Waals surface area contributed by atoms with Crippen LogP contribution in [0.25, 0.3) is 11.1 Å². The minimum Gasteiger partial charge on any atom is -0.489 e. The maximum absolute atomic E-state index is 14.3. The summed E-state index contributed by atoms with van der Waals surface area (Å²) in [5, 5.41) is 3.16. The highest BCUT2D eigenvalue weighted by atomic mass is 19.4. The standard InChI is InChI=1S/C20H18F7NO2/c21-16-10-14(19(22,23)24)2-3-15(16)13-1-4-17(30-20(25,26)27)18(9-13)29-11-12-5-7-28-8-6-12/h1-4,9-10,12,28H,5-8,11H2. The molecule has 0 unspecified atom stereocenters. The normalized spacial score (nSPS) is 15.8. The van der Waals surface area contributed by atoms with Crippen molar-refractivity contribution < 1.29 is 40.2 Å². The average molecular weight is 437 g/mol. The van der Waals surface area contributed by atoms with Gasteiger partial charge in [0.2, 0.25) is 0 Å². The van der Waals surface area contributed by atoms with Crippen LogP contribution in [0.3, 0.4) is 0 Å². The molecule has 1 fully saturated rings. The molecule has 1 aliphatic rings. The molecular formula is C20H18F7NO2. The molecule has 0 bridgehead atoms. The summed E-state index contributed by atoms with van der Waals surface area (Å²) in [5.41, 5.74) is -1.30. The fraction of sp³-hybridized carbons (Fsp3) is 0.400. The van der Waals surface area contributed by atoms with Gasteiger partial charge in [-0.15, -0.1) is 13.2 Å². The first-order valence-electron chi connectivity index (χ1n) is 9.13. The molecule has 0 amide bonds. The molecule has 10 heteroatoms. The molecular weight excluding hydrogens is 419 g/mol. The molecule has 1 heterocycles. The summed E-state index contributed by atoms with van der Waals surface area (Å²) in [6.07, 6.45) is -8.12. The molecule has 2 aromatic rings. The van der Waals surface area contributed by atoms with Gasteiger partial charge in [0.25, 0.3) is 0 Å². The van der Waals surface area contributed by atoms with Crippen molar-refractivity contribution in [3.8, 4) is 22.6 Å². The number of hydrogen-bond donors (Lipinski definition) is 1. The van der Waals surface area contributed by atoms with E-state index >= 15 is 0 Å². The van der Waals surface area contributed by atoms with Gasteiger partial charge >= 0.3 is 12.5 Å². The molecule has 0 radical (unpaired) electrons. The van der Waals surface area contributed by atoms with E-state index in [1.165, 1.54) is 0 Å². The molecule has 1 N–H and O–H groups in total. The Balaban J connectivity index is 1.90. The van der Waals surface area contributed by atoms with Crippen LogP contribution in [0, 0.1) is 11.7 Å². The van der Waals surface area contributed by atoms with E-state index in [0.717, 1.165) is 50.2 Å². The number of piperidine rings is 1. The summed E-state index contributed by atoms with van der Waals surface area (Å²) >= 11 is 0. The third kappa shape index (κ3) is 5.78. The SMILES string of the molecule is Fc1cc(C(F)(F)F)ccc1-c1ccc(OC(F)(F)F)c(OCC2CCNCC2)c1. The highest BCUT2D eigenvalue weighted by molar-refractivity contribution is 5.68. The first-order chi connectivity index (χ1) is 14.0. The number of ether oxygens (including phenoxy) is 2. The zero-order chi connectivity index (χ0) is 21.9. The second kappa shape index (κ2) is 8.71. The monoisotopic (exact) mass is 437 g/mol. The lowest BCUT2D eigenvalue weighted by Gasteiger charge is -2.23. The van der Waals surface area contributed by atoms with Gasteiger partial charge in [0.05, 0.1) is 12.2 Å². The lowest BCUT2D eigenvalue weighted by atomic mass is 9.99. The van der Waals surface area contributed by atoms with Gasteiger partial charge < -0.3 is 14.8 Å². The van der Waals surface area contributed by atoms with Gasteiger partial charge in [-0.05, 0) is 61.7 Å². The Morgan fingerprint density at radius 3 is 2.20 bits per heavy atom. The Labute approximate surface area is 167 Å². The van der Waals surface area contributed by atoms with Crippen molar-refractivity contribution in [3.63, 3.8) is 0 Å². The van der Waals surface area contributed by atoms with Crippen molar-refractivity contribution in [2.24, 2.45) is 5.92 Å². The second-order valence-corrected chi connectivity index (χ2v) is 6.91. The molecule has 1 aliphatic heterocycles. The van der Waals surface area contributed by atoms with Crippen LogP contribution in [-0.2, 0) is 6.18 Å². The van der Waals surface area contributed by atoms with Crippen LogP contribution in [0.15, 0.2) is 36.4 Å². The number of alkyl halides is 6. The minimum atomic E-state index is -4.96. The number of halogens is 7. The molecule has 3 rings (SSSR count). The predicted molar refractivity (Wildman–Crippen MR) is 94.6 cm³/mol. The van der Waals surface area contributed by atoms with Crippen molar-refractivity contribution in [2.75, 3.05) is 19.7 Å². The average Bonchev–Trinajstić information content (AvgIpc) is 2.66. The Morgan fingerprint density at radius 2 is 1.60 bits per heavy atom. The molecule has 1 saturated heterocycles. The molecule has 30 heavy (non-hydrogen) atoms. The van der Waals surface area contributed by atoms with Crippen LogP contribution in [0.1, 0.15) is 18.4 Å². The van der Waals surface area contributed by atoms with E-state index in [1.54, 1.807) is 0 Å². The number of hydrogen-bond acceptors (Lipinski definition) is 3. The topological polar surface area (TPSA) is 30.5 Å². The maximum atomic E-state index is 14.3. The van der Waals surface area contributed by atoms with E-state index in [9.17, 15) is 30.7 Å². The molecule has 0 atom stereocenters. The van der Waals surface area contributed by atoms with Crippen molar-refractivity contribution in [2.45, 2.75) is 25.4 Å². The van der Waals surface area contributed by atoms with E-state index in [2.05, 4.69) is 10.1 Å². The van der Waals surface area contributed by atoms with Crippen LogP contribution < -0.4 is 14.8 Å². The van der Waals surface area contributed by atoms with Crippen molar-refractivity contribution in [1.82, 2.24) is 5.32 Å². The zero-order valence-electron chi connectivity index (χ0n) is 15.5. The second-order valence-electron chi connectivity index (χ2n) is 6.91. The van der Waals surface area contributed by atoms with Crippen LogP contribution in [0.4, 0.5) is 30.7 Å². The number of rotatable bonds is 5. The highest BCUT2D eigenvalue weighted by Crippen LogP contribution is 2.38. The quantitative estimate of drug-likeness (QED) is 0.601. The summed E-state index contributed by atoms with van der Waals surface area (Å²) in [6.45, 7) is 1.66. The highest BCUT2D eigenvalue weighted by Gasteiger charge is 2.33. The van der Waals surface area contributed by atoms with Crippen LogP contribution in [0.5, 0.6) is 11.5 Å². The number of nitrogens with one attached hydrogen (secondary N) is 1. The lowest BCUT2D eigenvalue weighted by Crippen LogP contribution is -2.30. The summed E-state index contributed by atoms with van der Waals surface area (Å²) in [7, 11) is 0. The van der Waals surface area contributed by atoms with Crippen LogP contribution in [-0.4, -0.2) is 26.1 Å². The zero-order valence-corrected chi connectivity index (χ0v) is 15.5. The van der Waals surface area contributed by atoms with E-state index in [1.807, 2.05) is 0 Å². The predicted octanol–water partition coefficient (Wildman–Crippen LogP) is 5.79. The van der Waals surface area contributed by atoms with Crippen LogP contribution >= 0.6 is 0 Å². The van der Waals surface area contributed by atoms with Crippen molar-refractivity contribution in [1.29, 1.82) is 0 Å². The van der Waals surface area contributed by atoms with E-state index < -0.39 is 29.7 Å². The van der Waals surface area contributed by atoms with Crippen LogP contribution in [0.2, 0.25) is 0 Å². The molecule has 2 aromatic carbocycles. The molecule has 0 aliphatic carbocycles. The summed E-state index contributed by atoms with van der Waals surface area (Å²) in [5.74, 6) is -1.90. The number of benzene rings is 2. The minimum absolute atomic E-state index is 0.0658. The molecule has 164 valence electrons. The van der Waals surface area contributed by atoms with Gasteiger partial charge in [0.1, 0.15) is 5.82 Å². The Bertz CT molecular complexity index is 874. The summed E-state index contributed by atoms with van der Waals surface area (Å²) in [4.78, 5) is 0. The first-order valence-corrected chi connectivity index (χ1v) is 9.13. The smallest absolute Gasteiger partial charge is 0.489 e. The largest absolute Gasteiger partial charge is 0.573 e. The van der Waals surface area contributed by atoms with E-state index in [4.69, 9.17) is 4.74 Å². The summed E-state index contributed by atoms with van der Waals surface area (Å²) in [6, 6.07) is 5.18. The Hall–Kier alpha value is -2.49. The Kier molecular flexibility index (Phi) is 6.44. The fourth-order valence-corrected chi connectivity index (χ4v) is 3.18. The third-order valence-corrected chi connectivity index (χ3v) is 4.71. The van der Waals surface area contributed by atoms with Crippen molar-refractivity contribution >= 4 is 0 Å². The molecule has 0 aromatic heterocycles. The fourth-order valence-electron chi connectivity index (χ4n) is 3.18. The summed E-state index contributed by atoms with van der Waals surface area (Å²) < 4.78 is 100. The third-order valence-electron chi connectivity index (χ3n) is 4.71. The van der Waals surface area contributed by atoms with Gasteiger partial charge in [0, 0.05) is 5.56 Å². The molecule has 0 spiro atoms. The van der Waals surface area contributed by atoms with Gasteiger partial charge in [-0.25, -0.2) is 4.39 Å². The molecule has 0 saturated carbocycles. The van der Waals surface area contributed by atoms with Crippen molar-refractivity contribution in [3.05, 3.63) is 47.8 Å². The van der Waals surface area contributed by atoms with Gasteiger partial charge in [-0.2, -0.15) is 13.2 Å². The Morgan fingerprint density at radius 1 is 0.900 bits per heavy atom. The maximum Gasteiger partial charge on any atom is 0.573 e. The first kappa shape index (κ1) is 22.2. The molecule has 3 nitrogen and oxygen atoms in total. The van der Waals surface area contributed by atoms with E-state index in [-0.39, 0.29) is 29.4 Å². The lowest BCUT2D eigenvalue weighted by molar-refractivity contribution is -0.275. The van der Waals surface area contributed by atoms with Gasteiger partial charge in [0.15, 0.2) is 11.5 Å². The van der Waals surface area contributed by atoms with Gasteiger partial charge in [-0.3, -0.25) is 0 Å². The van der Waals surface area contributed by atoms with E-state index in [0.29, 0.717) is 12.1 Å². The van der Waals surface area contributed by atoms with Gasteiger partial charge in [-0.1, -0.05) is 12.1 Å².